The van der Waals surface area contributed by atoms with Crippen molar-refractivity contribution in [2.45, 2.75) is 13.3 Å². The number of anilines is 1. The van der Waals surface area contributed by atoms with Gasteiger partial charge in [-0.1, -0.05) is 19.1 Å². The Labute approximate surface area is 197 Å². The molecule has 172 valence electrons. The van der Waals surface area contributed by atoms with Crippen molar-refractivity contribution >= 4 is 22.4 Å². The third kappa shape index (κ3) is 3.47. The van der Waals surface area contributed by atoms with Gasteiger partial charge in [0, 0.05) is 60.6 Å². The first-order valence-corrected chi connectivity index (χ1v) is 11.7. The van der Waals surface area contributed by atoms with E-state index in [0.717, 1.165) is 66.3 Å². The maximum absolute atomic E-state index is 5.57. The lowest BCUT2D eigenvalue weighted by atomic mass is 10.0. The molecule has 0 bridgehead atoms. The van der Waals surface area contributed by atoms with Crippen molar-refractivity contribution in [3.05, 3.63) is 60.7 Å². The van der Waals surface area contributed by atoms with E-state index >= 15 is 0 Å². The van der Waals surface area contributed by atoms with Gasteiger partial charge in [-0.05, 0) is 41.8 Å². The number of ether oxygens (including phenoxy) is 1. The van der Waals surface area contributed by atoms with E-state index in [1.54, 1.807) is 18.0 Å². The number of methoxy groups -OCH3 is 1. The number of hydrogen-bond donors (Lipinski definition) is 2. The summed E-state index contributed by atoms with van der Waals surface area (Å²) in [6.07, 6.45) is 6.43. The van der Waals surface area contributed by atoms with Crippen LogP contribution in [0.3, 0.4) is 0 Å². The van der Waals surface area contributed by atoms with Crippen molar-refractivity contribution in [1.82, 2.24) is 29.9 Å². The third-order valence-electron chi connectivity index (χ3n) is 6.63. The molecular weight excluding hydrogens is 426 g/mol. The Morgan fingerprint density at radius 3 is 2.62 bits per heavy atom. The largest absolute Gasteiger partial charge is 0.493 e. The SMILES string of the molecule is CCc1c(-c2cc(OC)c3ncnn3c2)[nH]c2cc(-c3ccc(N4CCNCC4)nc3)ccc12. The number of pyridine rings is 2. The Balaban J connectivity index is 1.39. The molecule has 5 aromatic rings. The molecule has 34 heavy (non-hydrogen) atoms. The van der Waals surface area contributed by atoms with Gasteiger partial charge in [0.05, 0.1) is 12.8 Å². The smallest absolute Gasteiger partial charge is 0.197 e. The number of aryl methyl sites for hydroxylation is 1. The Bertz CT molecular complexity index is 1460. The summed E-state index contributed by atoms with van der Waals surface area (Å²) in [4.78, 5) is 15.0. The van der Waals surface area contributed by atoms with Crippen LogP contribution in [0.1, 0.15) is 12.5 Å². The highest BCUT2D eigenvalue weighted by molar-refractivity contribution is 5.93. The van der Waals surface area contributed by atoms with Crippen molar-refractivity contribution < 1.29 is 4.74 Å². The van der Waals surface area contributed by atoms with Gasteiger partial charge in [0.2, 0.25) is 0 Å². The summed E-state index contributed by atoms with van der Waals surface area (Å²) in [6.45, 7) is 6.18. The van der Waals surface area contributed by atoms with E-state index in [9.17, 15) is 0 Å². The Morgan fingerprint density at radius 1 is 1.00 bits per heavy atom. The normalized spacial score (nSPS) is 14.2. The average Bonchev–Trinajstić information content (AvgIpc) is 3.52. The number of nitrogens with zero attached hydrogens (tertiary/aromatic N) is 5. The van der Waals surface area contributed by atoms with Crippen LogP contribution < -0.4 is 15.0 Å². The highest BCUT2D eigenvalue weighted by Crippen LogP contribution is 2.35. The van der Waals surface area contributed by atoms with Gasteiger partial charge in [0.1, 0.15) is 12.1 Å². The number of H-pyrrole nitrogens is 1. The number of benzene rings is 1. The van der Waals surface area contributed by atoms with Crippen LogP contribution in [-0.4, -0.2) is 57.9 Å². The molecule has 0 saturated carbocycles. The van der Waals surface area contributed by atoms with Gasteiger partial charge in [-0.25, -0.2) is 14.5 Å². The molecule has 1 aliphatic heterocycles. The van der Waals surface area contributed by atoms with Crippen molar-refractivity contribution in [2.75, 3.05) is 38.2 Å². The maximum atomic E-state index is 5.57. The zero-order chi connectivity index (χ0) is 23.1. The van der Waals surface area contributed by atoms with Crippen LogP contribution >= 0.6 is 0 Å². The molecule has 1 saturated heterocycles. The van der Waals surface area contributed by atoms with E-state index in [4.69, 9.17) is 9.72 Å². The van der Waals surface area contributed by atoms with Gasteiger partial charge in [0.25, 0.3) is 0 Å². The summed E-state index contributed by atoms with van der Waals surface area (Å²) < 4.78 is 7.33. The second-order valence-electron chi connectivity index (χ2n) is 8.56. The number of piperazine rings is 1. The van der Waals surface area contributed by atoms with Crippen LogP contribution in [0, 0.1) is 0 Å². The van der Waals surface area contributed by atoms with Crippen molar-refractivity contribution in [1.29, 1.82) is 0 Å². The van der Waals surface area contributed by atoms with E-state index in [-0.39, 0.29) is 0 Å². The second-order valence-corrected chi connectivity index (χ2v) is 8.56. The molecule has 4 aromatic heterocycles. The Kier molecular flexibility index (Phi) is 5.15. The fourth-order valence-corrected chi connectivity index (χ4v) is 4.87. The van der Waals surface area contributed by atoms with E-state index in [2.05, 4.69) is 62.5 Å². The molecule has 0 radical (unpaired) electrons. The van der Waals surface area contributed by atoms with Gasteiger partial charge < -0.3 is 19.9 Å². The minimum Gasteiger partial charge on any atom is -0.493 e. The monoisotopic (exact) mass is 453 g/mol. The summed E-state index contributed by atoms with van der Waals surface area (Å²) in [7, 11) is 1.66. The zero-order valence-electron chi connectivity index (χ0n) is 19.4. The van der Waals surface area contributed by atoms with Crippen LogP contribution in [0.15, 0.2) is 55.1 Å². The molecule has 1 fully saturated rings. The first kappa shape index (κ1) is 20.7. The van der Waals surface area contributed by atoms with Gasteiger partial charge in [0.15, 0.2) is 11.4 Å². The molecule has 0 atom stereocenters. The molecule has 2 N–H and O–H groups in total. The standard InChI is InChI=1S/C26H27N7O/c1-3-20-21-6-4-17(18-5-7-24(28-14-18)32-10-8-27-9-11-32)12-22(21)31-25(20)19-13-23(34-2)26-29-16-30-33(26)15-19/h4-7,12-16,27,31H,3,8-11H2,1-2H3. The number of aromatic nitrogens is 5. The van der Waals surface area contributed by atoms with Gasteiger partial charge in [-0.2, -0.15) is 5.10 Å². The van der Waals surface area contributed by atoms with Gasteiger partial charge in [-0.3, -0.25) is 0 Å². The Hall–Kier alpha value is -3.91. The van der Waals surface area contributed by atoms with Crippen molar-refractivity contribution in [3.63, 3.8) is 0 Å². The lowest BCUT2D eigenvalue weighted by Crippen LogP contribution is -2.43. The second kappa shape index (κ2) is 8.46. The summed E-state index contributed by atoms with van der Waals surface area (Å²) in [5.41, 5.74) is 7.44. The van der Waals surface area contributed by atoms with E-state index in [0.29, 0.717) is 11.4 Å². The Morgan fingerprint density at radius 2 is 1.85 bits per heavy atom. The topological polar surface area (TPSA) is 83.4 Å². The summed E-state index contributed by atoms with van der Waals surface area (Å²) >= 11 is 0. The van der Waals surface area contributed by atoms with Crippen LogP contribution in [0.2, 0.25) is 0 Å². The average molecular weight is 454 g/mol. The number of nitrogens with one attached hydrogen (secondary N) is 2. The molecule has 1 aromatic carbocycles. The number of fused-ring (bicyclic) bond motifs is 2. The summed E-state index contributed by atoms with van der Waals surface area (Å²) in [5.74, 6) is 1.74. The fourth-order valence-electron chi connectivity index (χ4n) is 4.87. The minimum absolute atomic E-state index is 0.701. The fraction of sp³-hybridized carbons (Fsp3) is 0.269. The molecule has 0 unspecified atom stereocenters. The first-order chi connectivity index (χ1) is 16.7. The predicted molar refractivity (Wildman–Crippen MR) is 135 cm³/mol. The number of hydrogen-bond acceptors (Lipinski definition) is 6. The van der Waals surface area contributed by atoms with E-state index in [1.807, 2.05) is 18.5 Å². The van der Waals surface area contributed by atoms with E-state index in [1.165, 1.54) is 10.9 Å². The third-order valence-corrected chi connectivity index (χ3v) is 6.63. The van der Waals surface area contributed by atoms with Crippen molar-refractivity contribution in [3.8, 4) is 28.1 Å². The quantitative estimate of drug-likeness (QED) is 0.420. The highest BCUT2D eigenvalue weighted by atomic mass is 16.5. The molecule has 5 heterocycles. The first-order valence-electron chi connectivity index (χ1n) is 11.7. The lowest BCUT2D eigenvalue weighted by molar-refractivity contribution is 0.416. The molecule has 0 aliphatic carbocycles. The molecule has 6 rings (SSSR count). The highest BCUT2D eigenvalue weighted by Gasteiger charge is 2.16. The summed E-state index contributed by atoms with van der Waals surface area (Å²) in [5, 5.41) is 8.93. The number of rotatable bonds is 5. The minimum atomic E-state index is 0.701. The lowest BCUT2D eigenvalue weighted by Gasteiger charge is -2.28. The predicted octanol–water partition coefficient (Wildman–Crippen LogP) is 3.92. The molecule has 0 spiro atoms. The van der Waals surface area contributed by atoms with Crippen LogP contribution in [-0.2, 0) is 6.42 Å². The molecule has 0 amide bonds. The molecular formula is C26H27N7O. The van der Waals surface area contributed by atoms with E-state index < -0.39 is 0 Å². The number of aromatic amines is 1. The van der Waals surface area contributed by atoms with Gasteiger partial charge in [-0.15, -0.1) is 0 Å². The van der Waals surface area contributed by atoms with Crippen LogP contribution in [0.4, 0.5) is 5.82 Å². The van der Waals surface area contributed by atoms with Crippen LogP contribution in [0.5, 0.6) is 5.75 Å². The summed E-state index contributed by atoms with van der Waals surface area (Å²) in [6, 6.07) is 12.9. The zero-order valence-corrected chi connectivity index (χ0v) is 19.4. The maximum Gasteiger partial charge on any atom is 0.197 e. The molecule has 1 aliphatic rings. The van der Waals surface area contributed by atoms with Crippen molar-refractivity contribution in [2.24, 2.45) is 0 Å². The van der Waals surface area contributed by atoms with Gasteiger partial charge >= 0.3 is 0 Å². The van der Waals surface area contributed by atoms with Crippen LogP contribution in [0.25, 0.3) is 38.9 Å². The molecule has 8 heteroatoms. The molecule has 8 nitrogen and oxygen atoms in total.